The maximum atomic E-state index is 9.66. The van der Waals surface area contributed by atoms with Crippen molar-refractivity contribution in [1.82, 2.24) is 9.97 Å². The molecule has 233 valence electrons. The summed E-state index contributed by atoms with van der Waals surface area (Å²) in [5.74, 6) is 0.844. The van der Waals surface area contributed by atoms with Crippen LogP contribution < -0.4 is 0 Å². The van der Waals surface area contributed by atoms with Crippen LogP contribution in [0.1, 0.15) is 45.7 Å². The van der Waals surface area contributed by atoms with Crippen molar-refractivity contribution in [3.63, 3.8) is 0 Å². The third-order valence-electron chi connectivity index (χ3n) is 8.19. The van der Waals surface area contributed by atoms with Crippen molar-refractivity contribution >= 4 is 64.4 Å². The summed E-state index contributed by atoms with van der Waals surface area (Å²) in [6.45, 7) is 11.4. The molecule has 0 spiro atoms. The molecule has 0 aliphatic carbocycles. The van der Waals surface area contributed by atoms with Crippen molar-refractivity contribution in [1.29, 1.82) is 0 Å². The topological polar surface area (TPSA) is 59.2 Å². The average molecular weight is 800 g/mol. The molecule has 0 aliphatic heterocycles. The van der Waals surface area contributed by atoms with E-state index in [1.54, 1.807) is 18.3 Å². The van der Waals surface area contributed by atoms with Crippen LogP contribution in [0, 0.1) is 12.0 Å². The van der Waals surface area contributed by atoms with Crippen LogP contribution in [0.25, 0.3) is 64.3 Å². The SMILES string of the molecule is CC(C)Cc1cccc2c1sc1c(-c3[c-]c4ccccc4c(C(C)(C)C)c3)nccc12.Oc1cccc2oc3cccnc3c12.[Ir]. The smallest absolute Gasteiger partial charge is 0.154 e. The van der Waals surface area contributed by atoms with E-state index in [1.807, 2.05) is 35.7 Å². The molecule has 4 heterocycles. The zero-order valence-corrected chi connectivity index (χ0v) is 29.7. The zero-order chi connectivity index (χ0) is 31.3. The van der Waals surface area contributed by atoms with Crippen LogP contribution in [0.5, 0.6) is 5.75 Å². The second kappa shape index (κ2) is 12.6. The minimum Gasteiger partial charge on any atom is -0.507 e. The van der Waals surface area contributed by atoms with Crippen molar-refractivity contribution in [2.75, 3.05) is 0 Å². The number of fused-ring (bicyclic) bond motifs is 7. The predicted molar refractivity (Wildman–Crippen MR) is 189 cm³/mol. The van der Waals surface area contributed by atoms with Crippen LogP contribution >= 0.6 is 11.3 Å². The van der Waals surface area contributed by atoms with E-state index in [4.69, 9.17) is 9.40 Å². The van der Waals surface area contributed by atoms with Gasteiger partial charge in [0, 0.05) is 53.0 Å². The quantitative estimate of drug-likeness (QED) is 0.181. The molecule has 0 atom stereocenters. The molecule has 1 N–H and O–H groups in total. The van der Waals surface area contributed by atoms with Gasteiger partial charge in [0.05, 0.1) is 5.39 Å². The second-order valence-corrected chi connectivity index (χ2v) is 14.0. The Hall–Kier alpha value is -4.09. The third kappa shape index (κ3) is 5.82. The number of furan rings is 1. The number of benzene rings is 4. The molecular formula is C40H35IrN2O2S-. The summed E-state index contributed by atoms with van der Waals surface area (Å²) in [6.07, 6.45) is 4.74. The van der Waals surface area contributed by atoms with E-state index >= 15 is 0 Å². The Morgan fingerprint density at radius 1 is 0.804 bits per heavy atom. The van der Waals surface area contributed by atoms with Gasteiger partial charge in [-0.05, 0) is 59.0 Å². The molecule has 8 rings (SSSR count). The summed E-state index contributed by atoms with van der Waals surface area (Å²) in [6, 6.07) is 32.3. The van der Waals surface area contributed by atoms with Gasteiger partial charge in [-0.1, -0.05) is 88.0 Å². The maximum Gasteiger partial charge on any atom is 0.154 e. The largest absolute Gasteiger partial charge is 0.507 e. The van der Waals surface area contributed by atoms with Gasteiger partial charge in [0.15, 0.2) is 5.58 Å². The Morgan fingerprint density at radius 3 is 2.35 bits per heavy atom. The standard InChI is InChI=1S/C29H28NS.C11H7NO2.Ir/c1-18(2)15-20-10-8-12-23-24-13-14-30-26(28(24)31-27(20)23)21-16-19-9-6-7-11-22(19)25(17-21)29(3,4)5;13-7-3-1-4-8-10(7)11-9(14-8)5-2-6-12-11;/h6-14,17-18H,15H2,1-5H3;1-6,13H;/q-1;;. The monoisotopic (exact) mass is 800 g/mol. The van der Waals surface area contributed by atoms with Crippen LogP contribution in [0.3, 0.4) is 0 Å². The Labute approximate surface area is 286 Å². The van der Waals surface area contributed by atoms with E-state index in [0.717, 1.165) is 23.1 Å². The van der Waals surface area contributed by atoms with Crippen LogP contribution in [-0.2, 0) is 31.9 Å². The normalized spacial score (nSPS) is 11.8. The summed E-state index contributed by atoms with van der Waals surface area (Å²) in [5.41, 5.74) is 7.04. The first-order chi connectivity index (χ1) is 21.7. The second-order valence-electron chi connectivity index (χ2n) is 13.0. The van der Waals surface area contributed by atoms with Gasteiger partial charge in [0.2, 0.25) is 0 Å². The zero-order valence-electron chi connectivity index (χ0n) is 26.5. The molecule has 0 saturated carbocycles. The van der Waals surface area contributed by atoms with E-state index in [9.17, 15) is 5.11 Å². The van der Waals surface area contributed by atoms with Crippen molar-refractivity contribution in [3.8, 4) is 17.0 Å². The molecule has 0 unspecified atom stereocenters. The fourth-order valence-corrected chi connectivity index (χ4v) is 7.50. The summed E-state index contributed by atoms with van der Waals surface area (Å²) in [4.78, 5) is 9.05. The van der Waals surface area contributed by atoms with Crippen LogP contribution in [0.4, 0.5) is 0 Å². The number of pyridine rings is 2. The van der Waals surface area contributed by atoms with Crippen molar-refractivity contribution in [2.45, 2.75) is 46.5 Å². The molecule has 6 heteroatoms. The molecule has 4 aromatic heterocycles. The Morgan fingerprint density at radius 2 is 1.54 bits per heavy atom. The van der Waals surface area contributed by atoms with Crippen LogP contribution in [-0.4, -0.2) is 15.1 Å². The molecule has 0 bridgehead atoms. The van der Waals surface area contributed by atoms with Crippen molar-refractivity contribution in [3.05, 3.63) is 115 Å². The molecular weight excluding hydrogens is 765 g/mol. The number of phenolic OH excluding ortho intramolecular Hbond substituents is 1. The number of aromatic nitrogens is 2. The first kappa shape index (κ1) is 31.9. The third-order valence-corrected chi connectivity index (χ3v) is 9.50. The van der Waals surface area contributed by atoms with E-state index in [1.165, 1.54) is 36.7 Å². The minimum atomic E-state index is 0. The van der Waals surface area contributed by atoms with E-state index in [0.29, 0.717) is 28.0 Å². The summed E-state index contributed by atoms with van der Waals surface area (Å²) >= 11 is 1.89. The number of phenols is 1. The number of hydrogen-bond donors (Lipinski definition) is 1. The Bertz CT molecular complexity index is 2350. The van der Waals surface area contributed by atoms with E-state index in [2.05, 4.69) is 100 Å². The van der Waals surface area contributed by atoms with Crippen LogP contribution in [0.15, 0.2) is 102 Å². The van der Waals surface area contributed by atoms with Gasteiger partial charge in [0.1, 0.15) is 16.8 Å². The number of nitrogens with zero attached hydrogens (tertiary/aromatic N) is 2. The summed E-state index contributed by atoms with van der Waals surface area (Å²) < 4.78 is 8.17. The van der Waals surface area contributed by atoms with Gasteiger partial charge in [-0.15, -0.1) is 40.5 Å². The molecule has 0 saturated heterocycles. The molecule has 8 aromatic rings. The van der Waals surface area contributed by atoms with Gasteiger partial charge in [-0.3, -0.25) is 9.97 Å². The van der Waals surface area contributed by atoms with Crippen molar-refractivity contribution in [2.24, 2.45) is 5.92 Å². The predicted octanol–water partition coefficient (Wildman–Crippen LogP) is 11.2. The molecule has 4 aromatic carbocycles. The summed E-state index contributed by atoms with van der Waals surface area (Å²) in [5, 5.41) is 15.4. The fourth-order valence-electron chi connectivity index (χ4n) is 6.18. The fraction of sp³-hybridized carbons (Fsp3) is 0.200. The van der Waals surface area contributed by atoms with Gasteiger partial charge in [0.25, 0.3) is 0 Å². The molecule has 0 fully saturated rings. The molecule has 4 nitrogen and oxygen atoms in total. The van der Waals surface area contributed by atoms with Gasteiger partial charge >= 0.3 is 0 Å². The molecule has 0 amide bonds. The Balaban J connectivity index is 0.000000206. The van der Waals surface area contributed by atoms with Crippen LogP contribution in [0.2, 0.25) is 0 Å². The van der Waals surface area contributed by atoms with Gasteiger partial charge < -0.3 is 9.52 Å². The Kier molecular flexibility index (Phi) is 8.73. The summed E-state index contributed by atoms with van der Waals surface area (Å²) in [7, 11) is 0. The number of hydrogen-bond acceptors (Lipinski definition) is 5. The molecule has 0 aliphatic rings. The molecule has 1 radical (unpaired) electrons. The van der Waals surface area contributed by atoms with E-state index in [-0.39, 0.29) is 31.3 Å². The minimum absolute atomic E-state index is 0. The average Bonchev–Trinajstić information content (AvgIpc) is 3.60. The maximum absolute atomic E-state index is 9.66. The molecule has 46 heavy (non-hydrogen) atoms. The van der Waals surface area contributed by atoms with Gasteiger partial charge in [-0.25, -0.2) is 0 Å². The van der Waals surface area contributed by atoms with Crippen molar-refractivity contribution < 1.29 is 29.6 Å². The van der Waals surface area contributed by atoms with Gasteiger partial charge in [-0.2, -0.15) is 0 Å². The first-order valence-corrected chi connectivity index (χ1v) is 16.2. The number of rotatable bonds is 3. The first-order valence-electron chi connectivity index (χ1n) is 15.4. The number of thiophene rings is 1. The number of aromatic hydroxyl groups is 1. The van der Waals surface area contributed by atoms with E-state index < -0.39 is 0 Å².